The third-order valence-electron chi connectivity index (χ3n) is 6.23. The highest BCUT2D eigenvalue weighted by atomic mass is 16.6. The molecule has 0 fully saturated rings. The second kappa shape index (κ2) is 13.3. The van der Waals surface area contributed by atoms with E-state index in [0.29, 0.717) is 31.1 Å². The van der Waals surface area contributed by atoms with Crippen LogP contribution in [-0.4, -0.2) is 40.7 Å². The molecule has 8 heteroatoms. The number of aliphatic carboxylic acids is 1. The zero-order valence-corrected chi connectivity index (χ0v) is 22.1. The number of hydrogen-bond acceptors (Lipinski definition) is 6. The first kappa shape index (κ1) is 27.4. The van der Waals surface area contributed by atoms with E-state index in [1.807, 2.05) is 85.8 Å². The van der Waals surface area contributed by atoms with Crippen molar-refractivity contribution in [2.45, 2.75) is 39.3 Å². The molecule has 39 heavy (non-hydrogen) atoms. The molecule has 0 radical (unpaired) electrons. The number of carbonyl (C=O) groups is 2. The summed E-state index contributed by atoms with van der Waals surface area (Å²) in [5.74, 6) is 1.07. The largest absolute Gasteiger partial charge is 0.493 e. The van der Waals surface area contributed by atoms with Crippen LogP contribution in [0.15, 0.2) is 83.3 Å². The van der Waals surface area contributed by atoms with Gasteiger partial charge in [-0.1, -0.05) is 54.6 Å². The van der Waals surface area contributed by atoms with Gasteiger partial charge in [-0.15, -0.1) is 0 Å². The Hall–Kier alpha value is -4.59. The number of aryl methyl sites for hydroxylation is 2. The molecule has 1 amide bonds. The summed E-state index contributed by atoms with van der Waals surface area (Å²) in [7, 11) is 1.65. The standard InChI is InChI=1S/C31H32N2O6/c1-22-28(32-30(39-22)25-11-7-4-8-12-25)17-18-37-27-15-13-24(14-16-29(34)35)26(19-27)20-33(2)31(36)38-21-23-9-5-3-6-10-23/h3-13,15,19H,14,16-18,20-21H2,1-2H3,(H,34,35). The summed E-state index contributed by atoms with van der Waals surface area (Å²) < 4.78 is 17.3. The van der Waals surface area contributed by atoms with Gasteiger partial charge in [0.1, 0.15) is 18.1 Å². The van der Waals surface area contributed by atoms with E-state index in [-0.39, 0.29) is 19.6 Å². The molecule has 0 saturated carbocycles. The van der Waals surface area contributed by atoms with Crippen LogP contribution in [0, 0.1) is 6.92 Å². The van der Waals surface area contributed by atoms with Gasteiger partial charge in [-0.2, -0.15) is 0 Å². The Balaban J connectivity index is 1.39. The van der Waals surface area contributed by atoms with E-state index < -0.39 is 12.1 Å². The smallest absolute Gasteiger partial charge is 0.410 e. The van der Waals surface area contributed by atoms with E-state index in [0.717, 1.165) is 33.7 Å². The summed E-state index contributed by atoms with van der Waals surface area (Å²) in [6.45, 7) is 2.69. The van der Waals surface area contributed by atoms with Gasteiger partial charge in [-0.05, 0) is 54.3 Å². The lowest BCUT2D eigenvalue weighted by atomic mass is 10.0. The maximum atomic E-state index is 12.6. The van der Waals surface area contributed by atoms with Crippen LogP contribution < -0.4 is 4.74 Å². The Morgan fingerprint density at radius 1 is 0.949 bits per heavy atom. The summed E-state index contributed by atoms with van der Waals surface area (Å²) in [4.78, 5) is 29.9. The first-order valence-electron chi connectivity index (χ1n) is 12.8. The molecule has 1 heterocycles. The summed E-state index contributed by atoms with van der Waals surface area (Å²) in [6, 6.07) is 24.7. The molecule has 0 bridgehead atoms. The van der Waals surface area contributed by atoms with E-state index in [4.69, 9.17) is 19.0 Å². The first-order chi connectivity index (χ1) is 18.9. The lowest BCUT2D eigenvalue weighted by molar-refractivity contribution is -0.136. The predicted octanol–water partition coefficient (Wildman–Crippen LogP) is 6.06. The average Bonchev–Trinajstić information content (AvgIpc) is 3.32. The number of carbonyl (C=O) groups excluding carboxylic acids is 1. The SMILES string of the molecule is Cc1oc(-c2ccccc2)nc1CCOc1ccc(CCC(=O)O)c(CN(C)C(=O)OCc2ccccc2)c1. The Bertz CT molecular complexity index is 1380. The zero-order chi connectivity index (χ0) is 27.6. The van der Waals surface area contributed by atoms with Gasteiger partial charge in [0.2, 0.25) is 5.89 Å². The monoisotopic (exact) mass is 528 g/mol. The fourth-order valence-corrected chi connectivity index (χ4v) is 4.10. The van der Waals surface area contributed by atoms with Crippen LogP contribution >= 0.6 is 0 Å². The van der Waals surface area contributed by atoms with Gasteiger partial charge in [-0.25, -0.2) is 9.78 Å². The molecule has 202 valence electrons. The van der Waals surface area contributed by atoms with Gasteiger partial charge in [-0.3, -0.25) is 4.79 Å². The molecule has 0 unspecified atom stereocenters. The Kier molecular flexibility index (Phi) is 9.34. The fourth-order valence-electron chi connectivity index (χ4n) is 4.10. The maximum absolute atomic E-state index is 12.6. The molecule has 4 rings (SSSR count). The van der Waals surface area contributed by atoms with Crippen molar-refractivity contribution >= 4 is 12.1 Å². The molecule has 0 aliphatic heterocycles. The molecule has 0 atom stereocenters. The number of benzene rings is 3. The average molecular weight is 529 g/mol. The molecule has 1 aromatic heterocycles. The van der Waals surface area contributed by atoms with Crippen molar-refractivity contribution in [3.05, 3.63) is 107 Å². The molecule has 1 N–H and O–H groups in total. The Morgan fingerprint density at radius 2 is 1.67 bits per heavy atom. The number of hydrogen-bond donors (Lipinski definition) is 1. The Morgan fingerprint density at radius 3 is 2.38 bits per heavy atom. The number of aromatic nitrogens is 1. The van der Waals surface area contributed by atoms with E-state index in [1.165, 1.54) is 4.90 Å². The maximum Gasteiger partial charge on any atom is 0.410 e. The second-order valence-corrected chi connectivity index (χ2v) is 9.21. The zero-order valence-electron chi connectivity index (χ0n) is 22.1. The highest BCUT2D eigenvalue weighted by molar-refractivity contribution is 5.68. The minimum Gasteiger partial charge on any atom is -0.493 e. The number of nitrogens with zero attached hydrogens (tertiary/aromatic N) is 2. The molecular weight excluding hydrogens is 496 g/mol. The van der Waals surface area contributed by atoms with Crippen LogP contribution in [0.25, 0.3) is 11.5 Å². The van der Waals surface area contributed by atoms with Crippen molar-refractivity contribution in [2.75, 3.05) is 13.7 Å². The van der Waals surface area contributed by atoms with E-state index in [9.17, 15) is 9.59 Å². The van der Waals surface area contributed by atoms with Crippen molar-refractivity contribution < 1.29 is 28.6 Å². The van der Waals surface area contributed by atoms with Gasteiger partial charge >= 0.3 is 12.1 Å². The molecular formula is C31H32N2O6. The van der Waals surface area contributed by atoms with Crippen molar-refractivity contribution in [1.82, 2.24) is 9.88 Å². The lowest BCUT2D eigenvalue weighted by Gasteiger charge is -2.20. The third kappa shape index (κ3) is 7.95. The van der Waals surface area contributed by atoms with Crippen LogP contribution in [0.5, 0.6) is 5.75 Å². The molecule has 0 aliphatic rings. The minimum absolute atomic E-state index is 0.00937. The molecule has 0 saturated heterocycles. The van der Waals surface area contributed by atoms with Crippen LogP contribution in [0.2, 0.25) is 0 Å². The number of ether oxygens (including phenoxy) is 2. The van der Waals surface area contributed by atoms with Crippen LogP contribution in [0.4, 0.5) is 4.79 Å². The van der Waals surface area contributed by atoms with Gasteiger partial charge in [0, 0.05) is 32.0 Å². The van der Waals surface area contributed by atoms with Crippen LogP contribution in [0.3, 0.4) is 0 Å². The van der Waals surface area contributed by atoms with Gasteiger partial charge in [0.25, 0.3) is 0 Å². The van der Waals surface area contributed by atoms with E-state index >= 15 is 0 Å². The summed E-state index contributed by atoms with van der Waals surface area (Å²) in [5.41, 5.74) is 4.29. The van der Waals surface area contributed by atoms with Crippen molar-refractivity contribution in [2.24, 2.45) is 0 Å². The molecule has 8 nitrogen and oxygen atoms in total. The highest BCUT2D eigenvalue weighted by Gasteiger charge is 2.16. The van der Waals surface area contributed by atoms with Crippen molar-refractivity contribution in [3.8, 4) is 17.2 Å². The fraction of sp³-hybridized carbons (Fsp3) is 0.258. The normalized spacial score (nSPS) is 10.7. The van der Waals surface area contributed by atoms with Crippen LogP contribution in [-0.2, 0) is 35.5 Å². The number of amides is 1. The predicted molar refractivity (Wildman–Crippen MR) is 146 cm³/mol. The second-order valence-electron chi connectivity index (χ2n) is 9.21. The number of carboxylic acid groups (broad SMARTS) is 1. The Labute approximate surface area is 227 Å². The summed E-state index contributed by atoms with van der Waals surface area (Å²) in [6.07, 6.45) is 0.428. The number of carboxylic acids is 1. The van der Waals surface area contributed by atoms with Crippen molar-refractivity contribution in [3.63, 3.8) is 0 Å². The lowest BCUT2D eigenvalue weighted by Crippen LogP contribution is -2.27. The summed E-state index contributed by atoms with van der Waals surface area (Å²) in [5, 5.41) is 9.17. The van der Waals surface area contributed by atoms with Crippen molar-refractivity contribution in [1.29, 1.82) is 0 Å². The topological polar surface area (TPSA) is 102 Å². The highest BCUT2D eigenvalue weighted by Crippen LogP contribution is 2.24. The quantitative estimate of drug-likeness (QED) is 0.239. The number of oxazole rings is 1. The first-order valence-corrected chi connectivity index (χ1v) is 12.8. The molecule has 0 spiro atoms. The minimum atomic E-state index is -0.880. The number of rotatable bonds is 12. The van der Waals surface area contributed by atoms with Gasteiger partial charge < -0.3 is 23.9 Å². The summed E-state index contributed by atoms with van der Waals surface area (Å²) >= 11 is 0. The molecule has 3 aromatic carbocycles. The van der Waals surface area contributed by atoms with Gasteiger partial charge in [0.15, 0.2) is 0 Å². The molecule has 4 aromatic rings. The van der Waals surface area contributed by atoms with Crippen LogP contribution in [0.1, 0.15) is 34.6 Å². The van der Waals surface area contributed by atoms with Gasteiger partial charge in [0.05, 0.1) is 12.3 Å². The van der Waals surface area contributed by atoms with E-state index in [2.05, 4.69) is 4.98 Å². The third-order valence-corrected chi connectivity index (χ3v) is 6.23. The molecule has 0 aliphatic carbocycles. The van der Waals surface area contributed by atoms with E-state index in [1.54, 1.807) is 7.05 Å².